The summed E-state index contributed by atoms with van der Waals surface area (Å²) in [5, 5.41) is 9.61. The number of carbonyl (C=O) groups excluding carboxylic acids is 2. The summed E-state index contributed by atoms with van der Waals surface area (Å²) in [6.45, 7) is 1.09. The lowest BCUT2D eigenvalue weighted by Crippen LogP contribution is -2.35. The summed E-state index contributed by atoms with van der Waals surface area (Å²) < 4.78 is 6.29. The highest BCUT2D eigenvalue weighted by molar-refractivity contribution is 5.73. The Morgan fingerprint density at radius 2 is 2.00 bits per heavy atom. The molecular weight excluding hydrogens is 272 g/mol. The minimum Gasteiger partial charge on any atom is -0.469 e. The summed E-state index contributed by atoms with van der Waals surface area (Å²) in [7, 11) is 3.24. The first-order valence-corrected chi connectivity index (χ1v) is 7.19. The number of ether oxygens (including phenoxy) is 1. The van der Waals surface area contributed by atoms with Gasteiger partial charge in [0.25, 0.3) is 0 Å². The van der Waals surface area contributed by atoms with Crippen molar-refractivity contribution in [1.29, 1.82) is 0 Å². The fraction of sp³-hybridized carbons (Fsp3) is 0.643. The maximum atomic E-state index is 11.6. The van der Waals surface area contributed by atoms with Gasteiger partial charge in [0.05, 0.1) is 19.3 Å². The number of carbonyl (C=O) groups is 2. The number of aryl methyl sites for hydroxylation is 1. The summed E-state index contributed by atoms with van der Waals surface area (Å²) in [4.78, 5) is 22.4. The average Bonchev–Trinajstić information content (AvgIpc) is 2.89. The quantitative estimate of drug-likeness (QED) is 0.532. The number of hydrogen-bond acceptors (Lipinski definition) is 4. The molecule has 0 saturated heterocycles. The molecule has 0 radical (unpaired) electrons. The van der Waals surface area contributed by atoms with Gasteiger partial charge in [-0.15, -0.1) is 0 Å². The van der Waals surface area contributed by atoms with E-state index in [1.807, 2.05) is 13.1 Å². The molecular formula is C14H24N4O3. The molecule has 1 heterocycles. The average molecular weight is 296 g/mol. The first kappa shape index (κ1) is 17.0. The van der Waals surface area contributed by atoms with Crippen molar-refractivity contribution in [2.75, 3.05) is 13.7 Å². The molecule has 1 rings (SSSR count). The zero-order valence-electron chi connectivity index (χ0n) is 12.7. The third kappa shape index (κ3) is 7.34. The first-order chi connectivity index (χ1) is 10.1. The van der Waals surface area contributed by atoms with E-state index in [0.29, 0.717) is 19.5 Å². The second kappa shape index (κ2) is 9.79. The Labute approximate surface area is 125 Å². The molecule has 0 aromatic carbocycles. The zero-order valence-corrected chi connectivity index (χ0v) is 12.7. The number of nitrogens with one attached hydrogen (secondary N) is 2. The van der Waals surface area contributed by atoms with Gasteiger partial charge in [-0.25, -0.2) is 4.79 Å². The smallest absolute Gasteiger partial charge is 0.315 e. The normalized spacial score (nSPS) is 10.2. The number of unbranched alkanes of at least 4 members (excludes halogenated alkanes) is 3. The van der Waals surface area contributed by atoms with Crippen LogP contribution in [0.1, 0.15) is 37.8 Å². The molecule has 2 N–H and O–H groups in total. The van der Waals surface area contributed by atoms with E-state index in [4.69, 9.17) is 0 Å². The molecule has 0 unspecified atom stereocenters. The zero-order chi connectivity index (χ0) is 15.5. The van der Waals surface area contributed by atoms with Crippen LogP contribution in [-0.4, -0.2) is 35.4 Å². The van der Waals surface area contributed by atoms with Crippen LogP contribution in [0.2, 0.25) is 0 Å². The largest absolute Gasteiger partial charge is 0.469 e. The van der Waals surface area contributed by atoms with E-state index in [1.54, 1.807) is 10.9 Å². The molecule has 7 nitrogen and oxygen atoms in total. The van der Waals surface area contributed by atoms with Crippen LogP contribution in [0, 0.1) is 0 Å². The van der Waals surface area contributed by atoms with Gasteiger partial charge in [0, 0.05) is 26.2 Å². The fourth-order valence-electron chi connectivity index (χ4n) is 1.86. The number of aromatic nitrogens is 2. The van der Waals surface area contributed by atoms with Gasteiger partial charge in [0.2, 0.25) is 0 Å². The Morgan fingerprint density at radius 3 is 2.67 bits per heavy atom. The van der Waals surface area contributed by atoms with Crippen LogP contribution in [0.5, 0.6) is 0 Å². The number of methoxy groups -OCH3 is 1. The third-order valence-corrected chi connectivity index (χ3v) is 3.17. The second-order valence-electron chi connectivity index (χ2n) is 4.80. The lowest BCUT2D eigenvalue weighted by atomic mass is 10.1. The van der Waals surface area contributed by atoms with Crippen LogP contribution in [0.3, 0.4) is 0 Å². The van der Waals surface area contributed by atoms with Crippen LogP contribution in [-0.2, 0) is 23.1 Å². The van der Waals surface area contributed by atoms with E-state index < -0.39 is 0 Å². The highest BCUT2D eigenvalue weighted by atomic mass is 16.5. The van der Waals surface area contributed by atoms with Crippen molar-refractivity contribution in [3.05, 3.63) is 18.0 Å². The Kier molecular flexibility index (Phi) is 7.93. The number of nitrogens with zero attached hydrogens (tertiary/aromatic N) is 2. The van der Waals surface area contributed by atoms with Crippen molar-refractivity contribution in [3.63, 3.8) is 0 Å². The van der Waals surface area contributed by atoms with Gasteiger partial charge in [-0.05, 0) is 18.9 Å². The van der Waals surface area contributed by atoms with Crippen molar-refractivity contribution >= 4 is 12.0 Å². The summed E-state index contributed by atoms with van der Waals surface area (Å²) >= 11 is 0. The van der Waals surface area contributed by atoms with E-state index >= 15 is 0 Å². The van der Waals surface area contributed by atoms with Crippen molar-refractivity contribution in [2.24, 2.45) is 7.05 Å². The van der Waals surface area contributed by atoms with Gasteiger partial charge in [0.15, 0.2) is 0 Å². The van der Waals surface area contributed by atoms with E-state index in [9.17, 15) is 9.59 Å². The molecule has 0 aliphatic heterocycles. The van der Waals surface area contributed by atoms with E-state index in [0.717, 1.165) is 31.4 Å². The van der Waals surface area contributed by atoms with Crippen molar-refractivity contribution in [3.8, 4) is 0 Å². The third-order valence-electron chi connectivity index (χ3n) is 3.17. The molecule has 1 aromatic heterocycles. The number of hydrogen-bond donors (Lipinski definition) is 2. The summed E-state index contributed by atoms with van der Waals surface area (Å²) in [5.74, 6) is -0.164. The molecule has 2 amide bonds. The van der Waals surface area contributed by atoms with Crippen LogP contribution in [0.25, 0.3) is 0 Å². The number of rotatable bonds is 9. The van der Waals surface area contributed by atoms with E-state index in [1.165, 1.54) is 7.11 Å². The monoisotopic (exact) mass is 296 g/mol. The molecule has 1 aromatic rings. The Bertz CT molecular complexity index is 445. The topological polar surface area (TPSA) is 85.2 Å². The minimum absolute atomic E-state index is 0.164. The molecule has 0 aliphatic rings. The predicted octanol–water partition coefficient (Wildman–Crippen LogP) is 1.34. The molecule has 118 valence electrons. The molecule has 0 spiro atoms. The summed E-state index contributed by atoms with van der Waals surface area (Å²) in [6, 6.07) is 1.69. The molecule has 0 saturated carbocycles. The minimum atomic E-state index is -0.175. The number of urea groups is 1. The van der Waals surface area contributed by atoms with Gasteiger partial charge in [-0.2, -0.15) is 5.10 Å². The van der Waals surface area contributed by atoms with Crippen molar-refractivity contribution < 1.29 is 14.3 Å². The maximum Gasteiger partial charge on any atom is 0.315 e. The molecule has 0 fully saturated rings. The molecule has 0 atom stereocenters. The van der Waals surface area contributed by atoms with E-state index in [-0.39, 0.29) is 12.0 Å². The first-order valence-electron chi connectivity index (χ1n) is 7.19. The Hall–Kier alpha value is -2.05. The van der Waals surface area contributed by atoms with Crippen molar-refractivity contribution in [2.45, 2.75) is 38.6 Å². The van der Waals surface area contributed by atoms with Crippen LogP contribution < -0.4 is 10.6 Å². The molecule has 0 bridgehead atoms. The summed E-state index contributed by atoms with van der Waals surface area (Å²) in [6.07, 6.45) is 5.85. The van der Waals surface area contributed by atoms with Gasteiger partial charge in [-0.1, -0.05) is 12.8 Å². The van der Waals surface area contributed by atoms with Gasteiger partial charge < -0.3 is 15.4 Å². The second-order valence-corrected chi connectivity index (χ2v) is 4.80. The van der Waals surface area contributed by atoms with Crippen LogP contribution >= 0.6 is 0 Å². The van der Waals surface area contributed by atoms with Crippen LogP contribution in [0.4, 0.5) is 4.79 Å². The maximum absolute atomic E-state index is 11.6. The Morgan fingerprint density at radius 1 is 1.24 bits per heavy atom. The van der Waals surface area contributed by atoms with Gasteiger partial charge in [0.1, 0.15) is 0 Å². The molecule has 0 aliphatic carbocycles. The molecule has 21 heavy (non-hydrogen) atoms. The number of esters is 1. The van der Waals surface area contributed by atoms with Crippen LogP contribution in [0.15, 0.2) is 12.3 Å². The van der Waals surface area contributed by atoms with Crippen molar-refractivity contribution in [1.82, 2.24) is 20.4 Å². The number of amides is 2. The Balaban J connectivity index is 1.96. The lowest BCUT2D eigenvalue weighted by Gasteiger charge is -2.07. The lowest BCUT2D eigenvalue weighted by molar-refractivity contribution is -0.140. The SMILES string of the molecule is COC(=O)CCCCCCNC(=O)NCc1ccnn1C. The van der Waals surface area contributed by atoms with E-state index in [2.05, 4.69) is 20.5 Å². The highest BCUT2D eigenvalue weighted by Crippen LogP contribution is 2.03. The molecule has 7 heteroatoms. The fourth-order valence-corrected chi connectivity index (χ4v) is 1.86. The summed E-state index contributed by atoms with van der Waals surface area (Å²) in [5.41, 5.74) is 0.952. The predicted molar refractivity (Wildman–Crippen MR) is 78.5 cm³/mol. The van der Waals surface area contributed by atoms with Gasteiger partial charge in [-0.3, -0.25) is 9.48 Å². The van der Waals surface area contributed by atoms with Gasteiger partial charge >= 0.3 is 12.0 Å². The highest BCUT2D eigenvalue weighted by Gasteiger charge is 2.03. The standard InChI is InChI=1S/C14H24N4O3/c1-18-12(8-10-17-18)11-16-14(20)15-9-6-4-3-5-7-13(19)21-2/h8,10H,3-7,9,11H2,1-2H3,(H2,15,16,20).